The fourth-order valence-corrected chi connectivity index (χ4v) is 1.74. The van der Waals surface area contributed by atoms with Crippen LogP contribution in [0.15, 0.2) is 0 Å². The molecule has 0 aliphatic carbocycles. The van der Waals surface area contributed by atoms with E-state index in [0.29, 0.717) is 12.2 Å². The zero-order chi connectivity index (χ0) is 11.5. The lowest BCUT2D eigenvalue weighted by molar-refractivity contribution is -0.000606. The first-order chi connectivity index (χ1) is 7.20. The molecule has 2 heteroatoms. The molecular formula is C13H29NO. The van der Waals surface area contributed by atoms with Crippen molar-refractivity contribution >= 4 is 0 Å². The summed E-state index contributed by atoms with van der Waals surface area (Å²) in [6, 6.07) is 0. The van der Waals surface area contributed by atoms with Crippen molar-refractivity contribution in [3.05, 3.63) is 0 Å². The quantitative estimate of drug-likeness (QED) is 0.564. The maximum atomic E-state index is 5.89. The maximum absolute atomic E-state index is 5.89. The highest BCUT2D eigenvalue weighted by molar-refractivity contribution is 4.57. The van der Waals surface area contributed by atoms with E-state index in [4.69, 9.17) is 4.74 Å². The van der Waals surface area contributed by atoms with Crippen LogP contribution in [0.5, 0.6) is 0 Å². The molecule has 2 nitrogen and oxygen atoms in total. The van der Waals surface area contributed by atoms with E-state index in [1.165, 1.54) is 32.1 Å². The second-order valence-corrected chi connectivity index (χ2v) is 4.50. The molecule has 0 radical (unpaired) electrons. The van der Waals surface area contributed by atoms with Crippen LogP contribution in [-0.2, 0) is 4.74 Å². The minimum atomic E-state index is 0.388. The minimum Gasteiger partial charge on any atom is -0.376 e. The molecule has 0 aromatic carbocycles. The lowest BCUT2D eigenvalue weighted by Gasteiger charge is -2.19. The van der Waals surface area contributed by atoms with Crippen LogP contribution >= 0.6 is 0 Å². The predicted octanol–water partition coefficient (Wildman–Crippen LogP) is 3.36. The Bertz CT molecular complexity index is 128. The van der Waals surface area contributed by atoms with Gasteiger partial charge in [-0.2, -0.15) is 0 Å². The summed E-state index contributed by atoms with van der Waals surface area (Å²) >= 11 is 0. The van der Waals surface area contributed by atoms with Crippen molar-refractivity contribution in [3.63, 3.8) is 0 Å². The van der Waals surface area contributed by atoms with E-state index < -0.39 is 0 Å². The molecule has 0 fully saturated rings. The van der Waals surface area contributed by atoms with Gasteiger partial charge in [0.2, 0.25) is 0 Å². The molecule has 0 aliphatic rings. The van der Waals surface area contributed by atoms with Gasteiger partial charge in [-0.15, -0.1) is 0 Å². The van der Waals surface area contributed by atoms with E-state index >= 15 is 0 Å². The Kier molecular flexibility index (Phi) is 10.4. The molecule has 1 N–H and O–H groups in total. The summed E-state index contributed by atoms with van der Waals surface area (Å²) < 4.78 is 5.89. The highest BCUT2D eigenvalue weighted by atomic mass is 16.5. The molecule has 0 aromatic rings. The third-order valence-corrected chi connectivity index (χ3v) is 2.73. The van der Waals surface area contributed by atoms with Crippen molar-refractivity contribution in [1.29, 1.82) is 0 Å². The monoisotopic (exact) mass is 215 g/mol. The van der Waals surface area contributed by atoms with Gasteiger partial charge in [-0.3, -0.25) is 0 Å². The molecule has 0 aromatic heterocycles. The predicted molar refractivity (Wildman–Crippen MR) is 67.3 cm³/mol. The van der Waals surface area contributed by atoms with E-state index in [-0.39, 0.29) is 0 Å². The van der Waals surface area contributed by atoms with E-state index in [0.717, 1.165) is 13.0 Å². The van der Waals surface area contributed by atoms with Gasteiger partial charge in [0.15, 0.2) is 0 Å². The fraction of sp³-hybridized carbons (Fsp3) is 1.00. The highest BCUT2D eigenvalue weighted by Gasteiger charge is 2.07. The third-order valence-electron chi connectivity index (χ3n) is 2.73. The van der Waals surface area contributed by atoms with Gasteiger partial charge in [-0.1, -0.05) is 32.6 Å². The van der Waals surface area contributed by atoms with Gasteiger partial charge in [0.05, 0.1) is 12.2 Å². The number of hydrogen-bond acceptors (Lipinski definition) is 2. The second kappa shape index (κ2) is 10.4. The van der Waals surface area contributed by atoms with Gasteiger partial charge in [-0.25, -0.2) is 0 Å². The first-order valence-corrected chi connectivity index (χ1v) is 6.50. The maximum Gasteiger partial charge on any atom is 0.0562 e. The Labute approximate surface area is 95.8 Å². The highest BCUT2D eigenvalue weighted by Crippen LogP contribution is 2.10. The smallest absolute Gasteiger partial charge is 0.0562 e. The van der Waals surface area contributed by atoms with E-state index in [2.05, 4.69) is 26.1 Å². The van der Waals surface area contributed by atoms with Crippen LogP contribution < -0.4 is 5.32 Å². The number of hydrogen-bond donors (Lipinski definition) is 1. The number of rotatable bonds is 10. The average Bonchev–Trinajstić information content (AvgIpc) is 2.21. The summed E-state index contributed by atoms with van der Waals surface area (Å²) in [4.78, 5) is 0. The van der Waals surface area contributed by atoms with Crippen molar-refractivity contribution < 1.29 is 4.74 Å². The van der Waals surface area contributed by atoms with Crippen molar-refractivity contribution in [2.45, 2.75) is 71.5 Å². The first kappa shape index (κ1) is 14.9. The van der Waals surface area contributed by atoms with Gasteiger partial charge in [0.1, 0.15) is 0 Å². The van der Waals surface area contributed by atoms with Crippen molar-refractivity contribution in [3.8, 4) is 0 Å². The zero-order valence-corrected chi connectivity index (χ0v) is 11.0. The summed E-state index contributed by atoms with van der Waals surface area (Å²) in [6.07, 6.45) is 8.48. The zero-order valence-electron chi connectivity index (χ0n) is 11.0. The summed E-state index contributed by atoms with van der Waals surface area (Å²) in [7, 11) is 1.99. The largest absolute Gasteiger partial charge is 0.376 e. The molecule has 0 amide bonds. The average molecular weight is 215 g/mol. The molecule has 92 valence electrons. The molecule has 0 spiro atoms. The van der Waals surface area contributed by atoms with E-state index in [1.807, 2.05) is 7.05 Å². The molecule has 2 unspecified atom stereocenters. The first-order valence-electron chi connectivity index (χ1n) is 6.50. The van der Waals surface area contributed by atoms with Crippen LogP contribution in [-0.4, -0.2) is 25.8 Å². The molecule has 0 heterocycles. The van der Waals surface area contributed by atoms with Crippen LogP contribution in [0.3, 0.4) is 0 Å². The van der Waals surface area contributed by atoms with Crippen molar-refractivity contribution in [2.75, 3.05) is 13.6 Å². The van der Waals surface area contributed by atoms with Crippen LogP contribution in [0.1, 0.15) is 59.3 Å². The Morgan fingerprint density at radius 1 is 1.00 bits per heavy atom. The van der Waals surface area contributed by atoms with Crippen LogP contribution in [0, 0.1) is 0 Å². The normalized spacial score (nSPS) is 15.2. The third kappa shape index (κ3) is 10.2. The lowest BCUT2D eigenvalue weighted by Crippen LogP contribution is -2.21. The SMILES string of the molecule is CCCCCCC(C)OC(C)CCNC. The van der Waals surface area contributed by atoms with Crippen LogP contribution in [0.4, 0.5) is 0 Å². The molecule has 0 bridgehead atoms. The molecule has 0 saturated heterocycles. The summed E-state index contributed by atoms with van der Waals surface area (Å²) in [5.41, 5.74) is 0. The molecule has 0 aliphatic heterocycles. The molecule has 0 saturated carbocycles. The Hall–Kier alpha value is -0.0800. The lowest BCUT2D eigenvalue weighted by atomic mass is 10.1. The van der Waals surface area contributed by atoms with Crippen molar-refractivity contribution in [2.24, 2.45) is 0 Å². The molecular weight excluding hydrogens is 186 g/mol. The van der Waals surface area contributed by atoms with Gasteiger partial charge in [0, 0.05) is 0 Å². The van der Waals surface area contributed by atoms with Gasteiger partial charge >= 0.3 is 0 Å². The second-order valence-electron chi connectivity index (χ2n) is 4.50. The minimum absolute atomic E-state index is 0.388. The number of ether oxygens (including phenoxy) is 1. The Morgan fingerprint density at radius 3 is 2.27 bits per heavy atom. The number of unbranched alkanes of at least 4 members (excludes halogenated alkanes) is 3. The summed E-state index contributed by atoms with van der Waals surface area (Å²) in [5.74, 6) is 0. The van der Waals surface area contributed by atoms with E-state index in [1.54, 1.807) is 0 Å². The van der Waals surface area contributed by atoms with Gasteiger partial charge in [-0.05, 0) is 40.3 Å². The molecule has 15 heavy (non-hydrogen) atoms. The Morgan fingerprint density at radius 2 is 1.67 bits per heavy atom. The fourth-order valence-electron chi connectivity index (χ4n) is 1.74. The van der Waals surface area contributed by atoms with Crippen LogP contribution in [0.25, 0.3) is 0 Å². The standard InChI is InChI=1S/C13H29NO/c1-5-6-7-8-9-12(2)15-13(3)10-11-14-4/h12-14H,5-11H2,1-4H3. The molecule has 2 atom stereocenters. The Balaban J connectivity index is 3.33. The summed E-state index contributed by atoms with van der Waals surface area (Å²) in [5, 5.41) is 3.15. The van der Waals surface area contributed by atoms with Gasteiger partial charge < -0.3 is 10.1 Å². The summed E-state index contributed by atoms with van der Waals surface area (Å²) in [6.45, 7) is 7.66. The van der Waals surface area contributed by atoms with Gasteiger partial charge in [0.25, 0.3) is 0 Å². The number of nitrogens with one attached hydrogen (secondary N) is 1. The van der Waals surface area contributed by atoms with Crippen LogP contribution in [0.2, 0.25) is 0 Å². The topological polar surface area (TPSA) is 21.3 Å². The van der Waals surface area contributed by atoms with Crippen molar-refractivity contribution in [1.82, 2.24) is 5.32 Å². The molecule has 0 rings (SSSR count). The van der Waals surface area contributed by atoms with E-state index in [9.17, 15) is 0 Å².